The monoisotopic (exact) mass is 365 g/mol. The molecule has 2 aliphatic rings. The minimum Gasteiger partial charge on any atom is -0.475 e. The first-order valence-corrected chi connectivity index (χ1v) is 7.27. The van der Waals surface area contributed by atoms with Crippen molar-refractivity contribution in [1.82, 2.24) is 5.32 Å². The van der Waals surface area contributed by atoms with Gasteiger partial charge in [-0.3, -0.25) is 0 Å². The highest BCUT2D eigenvalue weighted by atomic mass is 79.9. The molecule has 0 atom stereocenters. The molecule has 1 aliphatic carbocycles. The van der Waals surface area contributed by atoms with Crippen LogP contribution in [0.5, 0.6) is 0 Å². The van der Waals surface area contributed by atoms with Crippen LogP contribution in [0.2, 0.25) is 0 Å². The fourth-order valence-electron chi connectivity index (χ4n) is 2.72. The Morgan fingerprint density at radius 3 is 2.05 bits per heavy atom. The molecule has 0 radical (unpaired) electrons. The summed E-state index contributed by atoms with van der Waals surface area (Å²) >= 11 is 3.47. The molecule has 3 nitrogen and oxygen atoms in total. The zero-order valence-corrected chi connectivity index (χ0v) is 12.7. The number of halogens is 4. The average molecular weight is 366 g/mol. The molecule has 116 valence electrons. The van der Waals surface area contributed by atoms with Crippen LogP contribution in [0.15, 0.2) is 28.7 Å². The topological polar surface area (TPSA) is 49.3 Å². The Kier molecular flexibility index (Phi) is 4.63. The number of alkyl halides is 3. The van der Waals surface area contributed by atoms with Gasteiger partial charge >= 0.3 is 12.1 Å². The van der Waals surface area contributed by atoms with Crippen LogP contribution >= 0.6 is 15.9 Å². The predicted molar refractivity (Wildman–Crippen MR) is 75.1 cm³/mol. The lowest BCUT2D eigenvalue weighted by Gasteiger charge is -2.54. The fraction of sp³-hybridized carbons (Fsp3) is 0.500. The highest BCUT2D eigenvalue weighted by Crippen LogP contribution is 2.53. The summed E-state index contributed by atoms with van der Waals surface area (Å²) in [5.41, 5.74) is 2.21. The number of hydrogen-bond donors (Lipinski definition) is 2. The summed E-state index contributed by atoms with van der Waals surface area (Å²) in [6, 6.07) is 8.82. The molecule has 3 rings (SSSR count). The molecule has 1 saturated carbocycles. The lowest BCUT2D eigenvalue weighted by atomic mass is 9.57. The Bertz CT molecular complexity index is 504. The molecule has 1 aromatic rings. The van der Waals surface area contributed by atoms with Crippen molar-refractivity contribution in [3.63, 3.8) is 0 Å². The standard InChI is InChI=1S/C12H14BrN.C2HF3O2/c13-11-3-1-9(2-4-11)10-5-12(6-10)7-14-8-12;3-2(4,5)1(6)7/h1-4,10,14H,5-8H2;(H,6,7). The van der Waals surface area contributed by atoms with Crippen LogP contribution in [0.25, 0.3) is 0 Å². The predicted octanol–water partition coefficient (Wildman–Crippen LogP) is 3.55. The zero-order chi connectivity index (χ0) is 15.7. The summed E-state index contributed by atoms with van der Waals surface area (Å²) in [6.07, 6.45) is -2.30. The smallest absolute Gasteiger partial charge is 0.475 e. The van der Waals surface area contributed by atoms with Gasteiger partial charge in [-0.05, 0) is 41.9 Å². The SMILES string of the molecule is Brc1ccc(C2CC3(CNC3)C2)cc1.O=C(O)C(F)(F)F. The van der Waals surface area contributed by atoms with Gasteiger partial charge in [-0.25, -0.2) is 4.79 Å². The summed E-state index contributed by atoms with van der Waals surface area (Å²) in [5.74, 6) is -1.93. The molecular formula is C14H15BrF3NO2. The van der Waals surface area contributed by atoms with Crippen LogP contribution in [0.3, 0.4) is 0 Å². The Labute approximate surface area is 128 Å². The largest absolute Gasteiger partial charge is 0.490 e. The van der Waals surface area contributed by atoms with Crippen LogP contribution in [0, 0.1) is 5.41 Å². The Balaban J connectivity index is 0.000000199. The van der Waals surface area contributed by atoms with Gasteiger partial charge in [-0.2, -0.15) is 13.2 Å². The highest BCUT2D eigenvalue weighted by Gasteiger charge is 2.48. The molecule has 0 unspecified atom stereocenters. The molecule has 1 aliphatic heterocycles. The van der Waals surface area contributed by atoms with Crippen LogP contribution in [-0.4, -0.2) is 30.3 Å². The van der Waals surface area contributed by atoms with E-state index in [4.69, 9.17) is 9.90 Å². The van der Waals surface area contributed by atoms with E-state index in [9.17, 15) is 13.2 Å². The molecule has 21 heavy (non-hydrogen) atoms. The lowest BCUT2D eigenvalue weighted by molar-refractivity contribution is -0.192. The number of benzene rings is 1. The van der Waals surface area contributed by atoms with Crippen LogP contribution < -0.4 is 5.32 Å². The third-order valence-corrected chi connectivity index (χ3v) is 4.47. The van der Waals surface area contributed by atoms with E-state index in [1.54, 1.807) is 0 Å². The van der Waals surface area contributed by atoms with Crippen molar-refractivity contribution in [2.75, 3.05) is 13.1 Å². The van der Waals surface area contributed by atoms with Crippen LogP contribution in [0.4, 0.5) is 13.2 Å². The highest BCUT2D eigenvalue weighted by molar-refractivity contribution is 9.10. The Hall–Kier alpha value is -1.08. The van der Waals surface area contributed by atoms with E-state index < -0.39 is 12.1 Å². The van der Waals surface area contributed by atoms with Crippen molar-refractivity contribution in [1.29, 1.82) is 0 Å². The molecule has 1 saturated heterocycles. The molecule has 7 heteroatoms. The number of carbonyl (C=O) groups is 1. The van der Waals surface area contributed by atoms with Gasteiger partial charge in [-0.1, -0.05) is 28.1 Å². The molecule has 1 spiro atoms. The van der Waals surface area contributed by atoms with E-state index in [1.807, 2.05) is 0 Å². The van der Waals surface area contributed by atoms with E-state index in [2.05, 4.69) is 45.5 Å². The molecular weight excluding hydrogens is 351 g/mol. The van der Waals surface area contributed by atoms with Gasteiger partial charge in [-0.15, -0.1) is 0 Å². The van der Waals surface area contributed by atoms with Gasteiger partial charge < -0.3 is 10.4 Å². The maximum atomic E-state index is 10.6. The van der Waals surface area contributed by atoms with Crippen LogP contribution in [0.1, 0.15) is 24.3 Å². The van der Waals surface area contributed by atoms with Gasteiger partial charge in [0, 0.05) is 17.6 Å². The first-order valence-electron chi connectivity index (χ1n) is 6.48. The van der Waals surface area contributed by atoms with E-state index in [1.165, 1.54) is 36.0 Å². The summed E-state index contributed by atoms with van der Waals surface area (Å²) in [7, 11) is 0. The molecule has 0 amide bonds. The second-order valence-electron chi connectivity index (χ2n) is 5.56. The van der Waals surface area contributed by atoms with Gasteiger partial charge in [0.05, 0.1) is 0 Å². The quantitative estimate of drug-likeness (QED) is 0.799. The summed E-state index contributed by atoms with van der Waals surface area (Å²) < 4.78 is 32.9. The number of hydrogen-bond acceptors (Lipinski definition) is 2. The van der Waals surface area contributed by atoms with E-state index in [0.29, 0.717) is 5.41 Å². The van der Waals surface area contributed by atoms with Crippen molar-refractivity contribution >= 4 is 21.9 Å². The number of rotatable bonds is 1. The maximum absolute atomic E-state index is 10.6. The second-order valence-corrected chi connectivity index (χ2v) is 6.48. The molecule has 2 fully saturated rings. The number of carboxylic acid groups (broad SMARTS) is 1. The minimum absolute atomic E-state index is 0.692. The normalized spacial score (nSPS) is 20.0. The Morgan fingerprint density at radius 2 is 1.71 bits per heavy atom. The van der Waals surface area contributed by atoms with Gasteiger partial charge in [0.1, 0.15) is 0 Å². The molecule has 0 bridgehead atoms. The molecule has 0 aromatic heterocycles. The average Bonchev–Trinajstić information content (AvgIpc) is 2.27. The summed E-state index contributed by atoms with van der Waals surface area (Å²) in [6.45, 7) is 2.50. The molecule has 1 aromatic carbocycles. The van der Waals surface area contributed by atoms with E-state index in [-0.39, 0.29) is 0 Å². The number of carboxylic acids is 1. The summed E-state index contributed by atoms with van der Waals surface area (Å²) in [5, 5.41) is 10.5. The third-order valence-electron chi connectivity index (χ3n) is 3.94. The van der Waals surface area contributed by atoms with E-state index in [0.717, 1.165) is 5.92 Å². The van der Waals surface area contributed by atoms with Crippen LogP contribution in [-0.2, 0) is 4.79 Å². The number of aliphatic carboxylic acids is 1. The van der Waals surface area contributed by atoms with Crippen molar-refractivity contribution in [3.05, 3.63) is 34.3 Å². The fourth-order valence-corrected chi connectivity index (χ4v) is 2.99. The van der Waals surface area contributed by atoms with Gasteiger partial charge in [0.25, 0.3) is 0 Å². The maximum Gasteiger partial charge on any atom is 0.490 e. The van der Waals surface area contributed by atoms with Crippen molar-refractivity contribution in [2.45, 2.75) is 24.9 Å². The van der Waals surface area contributed by atoms with Gasteiger partial charge in [0.2, 0.25) is 0 Å². The first kappa shape index (κ1) is 16.3. The van der Waals surface area contributed by atoms with Gasteiger partial charge in [0.15, 0.2) is 0 Å². The van der Waals surface area contributed by atoms with E-state index >= 15 is 0 Å². The Morgan fingerprint density at radius 1 is 1.24 bits per heavy atom. The van der Waals surface area contributed by atoms with Crippen molar-refractivity contribution < 1.29 is 23.1 Å². The lowest BCUT2D eigenvalue weighted by Crippen LogP contribution is -2.59. The first-order chi connectivity index (χ1) is 9.72. The van der Waals surface area contributed by atoms with Crippen molar-refractivity contribution in [2.24, 2.45) is 5.41 Å². The third kappa shape index (κ3) is 3.97. The second kappa shape index (κ2) is 5.96. The minimum atomic E-state index is -5.08. The molecule has 2 N–H and O–H groups in total. The summed E-state index contributed by atoms with van der Waals surface area (Å²) in [4.78, 5) is 8.90. The molecule has 1 heterocycles. The van der Waals surface area contributed by atoms with Crippen molar-refractivity contribution in [3.8, 4) is 0 Å². The number of nitrogens with one attached hydrogen (secondary N) is 1. The zero-order valence-electron chi connectivity index (χ0n) is 11.1.